The maximum Gasteiger partial charge on any atom is 0.331 e. The fourth-order valence-corrected chi connectivity index (χ4v) is 3.26. The van der Waals surface area contributed by atoms with Crippen molar-refractivity contribution in [3.8, 4) is 11.5 Å². The van der Waals surface area contributed by atoms with Gasteiger partial charge in [-0.05, 0) is 29.3 Å². The largest absolute Gasteiger partial charge is 0.454 e. The van der Waals surface area contributed by atoms with Crippen molar-refractivity contribution in [3.05, 3.63) is 65.7 Å². The van der Waals surface area contributed by atoms with Crippen molar-refractivity contribution in [1.82, 2.24) is 5.32 Å². The summed E-state index contributed by atoms with van der Waals surface area (Å²) in [6.45, 7) is 0.430. The number of carbonyl (C=O) groups excluding carboxylic acids is 2. The van der Waals surface area contributed by atoms with E-state index in [4.69, 9.17) is 14.2 Å². The number of carbonyl (C=O) groups is 2. The molecule has 0 saturated heterocycles. The summed E-state index contributed by atoms with van der Waals surface area (Å²) in [4.78, 5) is 23.5. The lowest BCUT2D eigenvalue weighted by Crippen LogP contribution is -2.30. The zero-order valence-corrected chi connectivity index (χ0v) is 16.1. The van der Waals surface area contributed by atoms with Gasteiger partial charge >= 0.3 is 5.97 Å². The number of hydrogen-bond donors (Lipinski definition) is 1. The average molecular weight is 399 g/mol. The lowest BCUT2D eigenvalue weighted by Gasteiger charge is -2.05. The van der Waals surface area contributed by atoms with Crippen LogP contribution in [-0.4, -0.2) is 37.6 Å². The maximum absolute atomic E-state index is 11.7. The third kappa shape index (κ3) is 6.35. The van der Waals surface area contributed by atoms with Crippen molar-refractivity contribution in [2.75, 3.05) is 25.7 Å². The summed E-state index contributed by atoms with van der Waals surface area (Å²) in [7, 11) is 0. The molecule has 0 aromatic heterocycles. The van der Waals surface area contributed by atoms with E-state index in [1.807, 2.05) is 18.2 Å². The van der Waals surface area contributed by atoms with E-state index in [9.17, 15) is 9.59 Å². The molecule has 0 fully saturated rings. The Labute approximate surface area is 167 Å². The molecule has 0 bridgehead atoms. The van der Waals surface area contributed by atoms with Gasteiger partial charge in [-0.3, -0.25) is 4.79 Å². The number of ether oxygens (including phenoxy) is 3. The molecule has 0 atom stereocenters. The van der Waals surface area contributed by atoms with E-state index >= 15 is 0 Å². The van der Waals surface area contributed by atoms with E-state index in [0.717, 1.165) is 17.1 Å². The number of rotatable bonds is 9. The van der Waals surface area contributed by atoms with Crippen LogP contribution in [0, 0.1) is 0 Å². The monoisotopic (exact) mass is 399 g/mol. The van der Waals surface area contributed by atoms with Crippen LogP contribution in [0.2, 0.25) is 0 Å². The zero-order chi connectivity index (χ0) is 19.6. The molecule has 0 aliphatic carbocycles. The molecule has 1 aliphatic rings. The van der Waals surface area contributed by atoms with Gasteiger partial charge in [-0.2, -0.15) is 11.8 Å². The van der Waals surface area contributed by atoms with E-state index in [1.165, 1.54) is 11.6 Å². The van der Waals surface area contributed by atoms with Crippen LogP contribution in [0.15, 0.2) is 54.6 Å². The van der Waals surface area contributed by atoms with Gasteiger partial charge in [0, 0.05) is 24.1 Å². The Morgan fingerprint density at radius 3 is 2.79 bits per heavy atom. The van der Waals surface area contributed by atoms with Gasteiger partial charge in [-0.1, -0.05) is 36.4 Å². The highest BCUT2D eigenvalue weighted by Gasteiger charge is 2.12. The molecule has 2 aromatic rings. The van der Waals surface area contributed by atoms with Gasteiger partial charge in [-0.15, -0.1) is 0 Å². The molecule has 2 aromatic carbocycles. The van der Waals surface area contributed by atoms with Crippen molar-refractivity contribution in [3.63, 3.8) is 0 Å². The second kappa shape index (κ2) is 10.4. The molecule has 1 heterocycles. The smallest absolute Gasteiger partial charge is 0.331 e. The predicted octanol–water partition coefficient (Wildman–Crippen LogP) is 3.02. The molecule has 7 heteroatoms. The lowest BCUT2D eigenvalue weighted by atomic mass is 10.2. The number of thioether (sulfide) groups is 1. The van der Waals surface area contributed by atoms with Gasteiger partial charge < -0.3 is 19.5 Å². The quantitative estimate of drug-likeness (QED) is 0.397. The first-order chi connectivity index (χ1) is 13.7. The molecule has 0 spiro atoms. The van der Waals surface area contributed by atoms with E-state index in [0.29, 0.717) is 18.0 Å². The van der Waals surface area contributed by atoms with Gasteiger partial charge in [0.25, 0.3) is 5.91 Å². The summed E-state index contributed by atoms with van der Waals surface area (Å²) in [5.74, 6) is 2.12. The van der Waals surface area contributed by atoms with Crippen LogP contribution in [0.1, 0.15) is 11.1 Å². The Balaban J connectivity index is 1.29. The van der Waals surface area contributed by atoms with Crippen LogP contribution in [-0.2, 0) is 20.1 Å². The van der Waals surface area contributed by atoms with Crippen LogP contribution in [0.5, 0.6) is 11.5 Å². The maximum atomic E-state index is 11.7. The molecule has 0 radical (unpaired) electrons. The van der Waals surface area contributed by atoms with Crippen molar-refractivity contribution in [2.24, 2.45) is 0 Å². The van der Waals surface area contributed by atoms with Crippen LogP contribution in [0.25, 0.3) is 6.08 Å². The summed E-state index contributed by atoms with van der Waals surface area (Å²) in [6, 6.07) is 15.5. The average Bonchev–Trinajstić information content (AvgIpc) is 3.19. The van der Waals surface area contributed by atoms with Gasteiger partial charge in [0.2, 0.25) is 6.79 Å². The lowest BCUT2D eigenvalue weighted by molar-refractivity contribution is -0.143. The van der Waals surface area contributed by atoms with Gasteiger partial charge in [0.05, 0.1) is 0 Å². The number of nitrogens with one attached hydrogen (secondary N) is 1. The summed E-state index contributed by atoms with van der Waals surface area (Å²) in [5.41, 5.74) is 2.03. The summed E-state index contributed by atoms with van der Waals surface area (Å²) in [6.07, 6.45) is 2.88. The number of hydrogen-bond acceptors (Lipinski definition) is 6. The first-order valence-corrected chi connectivity index (χ1v) is 9.99. The Bertz CT molecular complexity index is 838. The predicted molar refractivity (Wildman–Crippen MR) is 108 cm³/mol. The SMILES string of the molecule is O=C(COC(=O)/C=C/c1ccc2c(c1)OCO2)NCCSCc1ccccc1. The number of amides is 1. The number of fused-ring (bicyclic) bond motifs is 1. The first-order valence-electron chi connectivity index (χ1n) is 8.83. The normalized spacial score (nSPS) is 12.1. The summed E-state index contributed by atoms with van der Waals surface area (Å²) < 4.78 is 15.5. The standard InChI is InChI=1S/C21H21NO5S/c23-20(22-10-11-28-14-17-4-2-1-3-5-17)13-25-21(24)9-7-16-6-8-18-19(12-16)27-15-26-18/h1-9,12H,10-11,13-15H2,(H,22,23)/b9-7+. The molecule has 1 amide bonds. The van der Waals surface area contributed by atoms with E-state index < -0.39 is 5.97 Å². The van der Waals surface area contributed by atoms with E-state index in [2.05, 4.69) is 17.4 Å². The van der Waals surface area contributed by atoms with Crippen molar-refractivity contribution >= 4 is 29.7 Å². The van der Waals surface area contributed by atoms with E-state index in [1.54, 1.807) is 36.0 Å². The Morgan fingerprint density at radius 1 is 1.11 bits per heavy atom. The van der Waals surface area contributed by atoms with Crippen molar-refractivity contribution in [1.29, 1.82) is 0 Å². The third-order valence-corrected chi connectivity index (χ3v) is 4.86. The van der Waals surface area contributed by atoms with Crippen LogP contribution >= 0.6 is 11.8 Å². The minimum Gasteiger partial charge on any atom is -0.454 e. The summed E-state index contributed by atoms with van der Waals surface area (Å²) >= 11 is 1.73. The molecule has 3 rings (SSSR count). The highest BCUT2D eigenvalue weighted by Crippen LogP contribution is 2.32. The van der Waals surface area contributed by atoms with Gasteiger partial charge in [-0.25, -0.2) is 4.79 Å². The molecule has 0 unspecified atom stereocenters. The van der Waals surface area contributed by atoms with Crippen LogP contribution < -0.4 is 14.8 Å². The minimum absolute atomic E-state index is 0.199. The molecular formula is C21H21NO5S. The Hall–Kier alpha value is -2.93. The Kier molecular flexibility index (Phi) is 7.37. The van der Waals surface area contributed by atoms with Crippen molar-refractivity contribution in [2.45, 2.75) is 5.75 Å². The fourth-order valence-electron chi connectivity index (χ4n) is 2.44. The van der Waals surface area contributed by atoms with Crippen LogP contribution in [0.3, 0.4) is 0 Å². The minimum atomic E-state index is -0.578. The van der Waals surface area contributed by atoms with E-state index in [-0.39, 0.29) is 19.3 Å². The second-order valence-corrected chi connectivity index (χ2v) is 7.05. The molecule has 28 heavy (non-hydrogen) atoms. The zero-order valence-electron chi connectivity index (χ0n) is 15.3. The van der Waals surface area contributed by atoms with Gasteiger partial charge in [0.1, 0.15) is 0 Å². The highest BCUT2D eigenvalue weighted by molar-refractivity contribution is 7.98. The van der Waals surface area contributed by atoms with Gasteiger partial charge in [0.15, 0.2) is 18.1 Å². The molecule has 1 aliphatic heterocycles. The molecule has 6 nitrogen and oxygen atoms in total. The first kappa shape index (κ1) is 19.8. The number of benzene rings is 2. The fraction of sp³-hybridized carbons (Fsp3) is 0.238. The third-order valence-electron chi connectivity index (χ3n) is 3.83. The second-order valence-electron chi connectivity index (χ2n) is 5.94. The number of esters is 1. The highest BCUT2D eigenvalue weighted by atomic mass is 32.2. The molecule has 1 N–H and O–H groups in total. The van der Waals surface area contributed by atoms with Crippen molar-refractivity contribution < 1.29 is 23.8 Å². The molecule has 146 valence electrons. The molecular weight excluding hydrogens is 378 g/mol. The summed E-state index contributed by atoms with van der Waals surface area (Å²) in [5, 5.41) is 2.73. The molecule has 0 saturated carbocycles. The Morgan fingerprint density at radius 2 is 1.93 bits per heavy atom. The topological polar surface area (TPSA) is 73.9 Å². The van der Waals surface area contributed by atoms with Crippen LogP contribution in [0.4, 0.5) is 0 Å².